The van der Waals surface area contributed by atoms with Crippen LogP contribution in [0.1, 0.15) is 11.9 Å². The van der Waals surface area contributed by atoms with Crippen molar-refractivity contribution in [3.05, 3.63) is 58.6 Å². The summed E-state index contributed by atoms with van der Waals surface area (Å²) in [4.78, 5) is 1.30. The zero-order valence-corrected chi connectivity index (χ0v) is 13.3. The van der Waals surface area contributed by atoms with Crippen molar-refractivity contribution in [1.29, 1.82) is 0 Å². The van der Waals surface area contributed by atoms with Gasteiger partial charge in [0.05, 0.1) is 16.8 Å². The third-order valence-corrected chi connectivity index (χ3v) is 5.70. The first kappa shape index (κ1) is 12.9. The van der Waals surface area contributed by atoms with Crippen LogP contribution in [0.2, 0.25) is 0 Å². The van der Waals surface area contributed by atoms with Crippen LogP contribution in [0.25, 0.3) is 16.3 Å². The van der Waals surface area contributed by atoms with Gasteiger partial charge < -0.3 is 5.32 Å². The molecule has 1 N–H and O–H groups in total. The lowest BCUT2D eigenvalue weighted by atomic mass is 10.3. The number of hydrogen-bond donors (Lipinski definition) is 1. The first-order chi connectivity index (χ1) is 10.3. The van der Waals surface area contributed by atoms with Crippen molar-refractivity contribution in [2.24, 2.45) is 0 Å². The Morgan fingerprint density at radius 3 is 2.76 bits per heavy atom. The first-order valence-corrected chi connectivity index (χ1v) is 8.65. The van der Waals surface area contributed by atoms with Gasteiger partial charge >= 0.3 is 0 Å². The fourth-order valence-electron chi connectivity index (χ4n) is 2.60. The maximum atomic E-state index is 3.50. The molecule has 1 aliphatic rings. The maximum Gasteiger partial charge on any atom is 0.265 e. The van der Waals surface area contributed by atoms with Crippen molar-refractivity contribution in [2.75, 3.05) is 5.32 Å². The molecule has 104 valence electrons. The number of fused-ring (bicyclic) bond motifs is 2. The number of rotatable bonds is 2. The van der Waals surface area contributed by atoms with E-state index in [1.807, 2.05) is 11.3 Å². The van der Waals surface area contributed by atoms with Gasteiger partial charge in [-0.15, -0.1) is 0 Å². The largest absolute Gasteiger partial charge is 0.349 e. The summed E-state index contributed by atoms with van der Waals surface area (Å²) in [6.45, 7) is 3.19. The van der Waals surface area contributed by atoms with E-state index in [1.165, 1.54) is 30.8 Å². The van der Waals surface area contributed by atoms with Gasteiger partial charge in [0, 0.05) is 11.0 Å². The molecule has 0 atom stereocenters. The third-order valence-electron chi connectivity index (χ3n) is 3.57. The first-order valence-electron chi connectivity index (χ1n) is 7.02. The molecule has 4 heteroatoms. The molecule has 0 saturated heterocycles. The number of thioether (sulfide) groups is 1. The summed E-state index contributed by atoms with van der Waals surface area (Å²) in [5, 5.41) is 5.99. The van der Waals surface area contributed by atoms with Crippen LogP contribution < -0.4 is 9.88 Å². The molecule has 0 unspecified atom stereocenters. The summed E-state index contributed by atoms with van der Waals surface area (Å²) in [7, 11) is 0. The van der Waals surface area contributed by atoms with Crippen LogP contribution in [0.5, 0.6) is 0 Å². The Kier molecular flexibility index (Phi) is 3.20. The quantitative estimate of drug-likeness (QED) is 0.689. The number of anilines is 1. The molecule has 0 amide bonds. The van der Waals surface area contributed by atoms with E-state index in [0.29, 0.717) is 0 Å². The Bertz CT molecular complexity index is 822. The lowest BCUT2D eigenvalue weighted by Crippen LogP contribution is -2.33. The monoisotopic (exact) mass is 311 g/mol. The second kappa shape index (κ2) is 5.20. The normalized spacial score (nSPS) is 15.4. The molecule has 4 rings (SSSR count). The summed E-state index contributed by atoms with van der Waals surface area (Å²) in [6.07, 6.45) is 2.26. The Hall–Kier alpha value is -1.78. The topological polar surface area (TPSA) is 15.9 Å². The molecule has 2 heterocycles. The minimum Gasteiger partial charge on any atom is -0.349 e. The van der Waals surface area contributed by atoms with Crippen LogP contribution in [-0.2, 0) is 6.54 Å². The second-order valence-electron chi connectivity index (χ2n) is 4.88. The van der Waals surface area contributed by atoms with Crippen LogP contribution in [-0.4, -0.2) is 0 Å². The molecule has 0 fully saturated rings. The Morgan fingerprint density at radius 2 is 1.90 bits per heavy atom. The summed E-state index contributed by atoms with van der Waals surface area (Å²) in [5.41, 5.74) is 2.52. The zero-order chi connectivity index (χ0) is 14.2. The number of nitrogens with zero attached hydrogens (tertiary/aromatic N) is 1. The molecule has 0 spiro atoms. The van der Waals surface area contributed by atoms with E-state index in [2.05, 4.69) is 71.4 Å². The van der Waals surface area contributed by atoms with E-state index in [1.54, 1.807) is 11.8 Å². The van der Waals surface area contributed by atoms with Gasteiger partial charge in [0.2, 0.25) is 5.52 Å². The molecular formula is C17H15N2S2+. The minimum absolute atomic E-state index is 0.987. The summed E-state index contributed by atoms with van der Waals surface area (Å²) in [6, 6.07) is 17.0. The molecule has 1 aromatic heterocycles. The highest BCUT2D eigenvalue weighted by atomic mass is 32.2. The zero-order valence-electron chi connectivity index (χ0n) is 11.7. The van der Waals surface area contributed by atoms with Gasteiger partial charge in [-0.2, -0.15) is 4.57 Å². The van der Waals surface area contributed by atoms with Gasteiger partial charge in [-0.25, -0.2) is 0 Å². The number of hydrogen-bond acceptors (Lipinski definition) is 3. The Labute approximate surface area is 132 Å². The molecule has 2 nitrogen and oxygen atoms in total. The van der Waals surface area contributed by atoms with Crippen LogP contribution in [0.4, 0.5) is 5.69 Å². The third kappa shape index (κ3) is 2.24. The van der Waals surface area contributed by atoms with E-state index in [-0.39, 0.29) is 0 Å². The van der Waals surface area contributed by atoms with E-state index >= 15 is 0 Å². The lowest BCUT2D eigenvalue weighted by Gasteiger charge is -1.96. The molecule has 0 bridgehead atoms. The number of nitrogens with one attached hydrogen (secondary N) is 1. The highest BCUT2D eigenvalue weighted by Gasteiger charge is 2.20. The molecule has 2 aromatic carbocycles. The van der Waals surface area contributed by atoms with Crippen LogP contribution in [0.15, 0.2) is 58.5 Å². The van der Waals surface area contributed by atoms with Crippen LogP contribution in [0.3, 0.4) is 0 Å². The van der Waals surface area contributed by atoms with Crippen LogP contribution in [0, 0.1) is 0 Å². The van der Waals surface area contributed by atoms with Gasteiger partial charge in [0.1, 0.15) is 11.2 Å². The van der Waals surface area contributed by atoms with Crippen molar-refractivity contribution >= 4 is 45.1 Å². The fraction of sp³-hybridized carbons (Fsp3) is 0.118. The van der Waals surface area contributed by atoms with Crippen LogP contribution >= 0.6 is 23.1 Å². The van der Waals surface area contributed by atoms with Gasteiger partial charge in [0.25, 0.3) is 5.01 Å². The summed E-state index contributed by atoms with van der Waals surface area (Å²) in [5.74, 6) is 0. The molecular weight excluding hydrogens is 296 g/mol. The molecule has 0 aliphatic carbocycles. The van der Waals surface area contributed by atoms with E-state index in [4.69, 9.17) is 0 Å². The number of aromatic nitrogens is 1. The number of thiazole rings is 1. The van der Waals surface area contributed by atoms with Gasteiger partial charge in [-0.05, 0) is 25.1 Å². The number of benzene rings is 2. The lowest BCUT2D eigenvalue weighted by molar-refractivity contribution is -0.665. The van der Waals surface area contributed by atoms with E-state index in [9.17, 15) is 0 Å². The smallest absolute Gasteiger partial charge is 0.265 e. The van der Waals surface area contributed by atoms with Crippen molar-refractivity contribution in [3.63, 3.8) is 0 Å². The average Bonchev–Trinajstić information content (AvgIpc) is 3.06. The van der Waals surface area contributed by atoms with E-state index < -0.39 is 0 Å². The summed E-state index contributed by atoms with van der Waals surface area (Å²) >= 11 is 3.65. The van der Waals surface area contributed by atoms with Gasteiger partial charge in [-0.1, -0.05) is 47.4 Å². The van der Waals surface area contributed by atoms with E-state index in [0.717, 1.165) is 6.54 Å². The minimum atomic E-state index is 0.987. The highest BCUT2D eigenvalue weighted by molar-refractivity contribution is 8.03. The number of aryl methyl sites for hydroxylation is 1. The van der Waals surface area contributed by atoms with Crippen molar-refractivity contribution in [3.8, 4) is 0 Å². The van der Waals surface area contributed by atoms with Gasteiger partial charge in [-0.3, -0.25) is 0 Å². The SMILES string of the molecule is CC[n+]1c(C=C2Nc3ccccc3S2)sc2ccccc21. The van der Waals surface area contributed by atoms with Crippen molar-refractivity contribution < 1.29 is 4.57 Å². The predicted octanol–water partition coefficient (Wildman–Crippen LogP) is 4.72. The molecule has 21 heavy (non-hydrogen) atoms. The maximum absolute atomic E-state index is 3.50. The molecule has 0 saturated carbocycles. The fourth-order valence-corrected chi connectivity index (χ4v) is 4.79. The van der Waals surface area contributed by atoms with Crippen molar-refractivity contribution in [2.45, 2.75) is 18.4 Å². The molecule has 3 aromatic rings. The Morgan fingerprint density at radius 1 is 1.10 bits per heavy atom. The van der Waals surface area contributed by atoms with Crippen molar-refractivity contribution in [1.82, 2.24) is 0 Å². The standard InChI is InChI=1S/C17H14N2S2/c1-2-19-13-8-4-6-10-15(13)21-17(19)11-16-18-12-7-3-5-9-14(12)20-16/h3-11H,2H2,1H3/p+1. The highest BCUT2D eigenvalue weighted by Crippen LogP contribution is 2.41. The molecule has 1 aliphatic heterocycles. The predicted molar refractivity (Wildman–Crippen MR) is 91.6 cm³/mol. The summed E-state index contributed by atoms with van der Waals surface area (Å²) < 4.78 is 3.71. The second-order valence-corrected chi connectivity index (χ2v) is 7.03. The van der Waals surface area contributed by atoms with Gasteiger partial charge in [0.15, 0.2) is 0 Å². The Balaban J connectivity index is 1.77. The molecule has 0 radical (unpaired) electrons. The number of para-hydroxylation sites is 2. The average molecular weight is 311 g/mol.